The summed E-state index contributed by atoms with van der Waals surface area (Å²) in [6, 6.07) is 63.3. The van der Waals surface area contributed by atoms with Crippen molar-refractivity contribution in [3.63, 3.8) is 0 Å². The second-order valence-electron chi connectivity index (χ2n) is 16.4. The van der Waals surface area contributed by atoms with E-state index in [1.165, 1.54) is 94.0 Å². The van der Waals surface area contributed by atoms with Gasteiger partial charge in [0.25, 0.3) is 0 Å². The first-order valence-corrected chi connectivity index (χ1v) is 20.2. The molecule has 3 aliphatic rings. The number of allylic oxidation sites excluding steroid dienone is 4. The maximum Gasteiger partial charge on any atom is 0.0562 e. The second-order valence-corrected chi connectivity index (χ2v) is 16.4. The summed E-state index contributed by atoms with van der Waals surface area (Å²) in [6.45, 7) is 4.80. The Labute approximate surface area is 333 Å². The van der Waals surface area contributed by atoms with Gasteiger partial charge in [-0.1, -0.05) is 141 Å². The normalized spacial score (nSPS) is 15.0. The van der Waals surface area contributed by atoms with Crippen molar-refractivity contribution in [3.05, 3.63) is 199 Å². The van der Waals surface area contributed by atoms with Crippen LogP contribution in [-0.4, -0.2) is 4.57 Å². The second kappa shape index (κ2) is 12.0. The van der Waals surface area contributed by atoms with Crippen LogP contribution in [0.3, 0.4) is 0 Å². The average molecular weight is 729 g/mol. The Morgan fingerprint density at radius 3 is 2.05 bits per heavy atom. The number of rotatable bonds is 4. The summed E-state index contributed by atoms with van der Waals surface area (Å²) >= 11 is 0. The summed E-state index contributed by atoms with van der Waals surface area (Å²) in [5, 5.41) is 5.04. The minimum absolute atomic E-state index is 0.0655. The summed E-state index contributed by atoms with van der Waals surface area (Å²) < 4.78 is 2.45. The highest BCUT2D eigenvalue weighted by Gasteiger charge is 2.37. The van der Waals surface area contributed by atoms with Crippen LogP contribution < -0.4 is 4.90 Å². The number of fused-ring (bicyclic) bond motifs is 7. The fourth-order valence-corrected chi connectivity index (χ4v) is 10.3. The van der Waals surface area contributed by atoms with Gasteiger partial charge in [-0.05, 0) is 123 Å². The minimum atomic E-state index is 0.0655. The number of para-hydroxylation sites is 1. The highest BCUT2D eigenvalue weighted by molar-refractivity contribution is 6.19. The molecule has 1 aliphatic heterocycles. The van der Waals surface area contributed by atoms with Gasteiger partial charge in [0.1, 0.15) is 0 Å². The number of hydrogen-bond acceptors (Lipinski definition) is 1. The van der Waals surface area contributed by atoms with E-state index < -0.39 is 0 Å². The zero-order valence-corrected chi connectivity index (χ0v) is 32.1. The molecule has 0 fully saturated rings. The van der Waals surface area contributed by atoms with Crippen molar-refractivity contribution in [2.45, 2.75) is 32.1 Å². The predicted molar refractivity (Wildman–Crippen MR) is 241 cm³/mol. The molecule has 0 bridgehead atoms. The SMILES string of the molecule is CC1(C)C2=C(C=CCC2)c2cc(-c3cccc(N4c5cc6c(cc5-c5cccc7cccc4c57)c4cc(-c5ccccc5)ccc4n6-c4ccccc4)c3)ccc21. The van der Waals surface area contributed by atoms with Gasteiger partial charge in [0.2, 0.25) is 0 Å². The topological polar surface area (TPSA) is 8.17 Å². The zero-order valence-electron chi connectivity index (χ0n) is 32.1. The Morgan fingerprint density at radius 1 is 0.491 bits per heavy atom. The molecule has 0 radical (unpaired) electrons. The van der Waals surface area contributed by atoms with E-state index in [0.29, 0.717) is 0 Å². The molecule has 0 unspecified atom stereocenters. The third-order valence-corrected chi connectivity index (χ3v) is 13.0. The van der Waals surface area contributed by atoms with Crippen molar-refractivity contribution in [2.75, 3.05) is 4.90 Å². The predicted octanol–water partition coefficient (Wildman–Crippen LogP) is 15.1. The molecule has 12 rings (SSSR count). The maximum atomic E-state index is 2.51. The van der Waals surface area contributed by atoms with Crippen LogP contribution in [0.1, 0.15) is 37.8 Å². The van der Waals surface area contributed by atoms with Crippen molar-refractivity contribution >= 4 is 55.2 Å². The number of benzene rings is 8. The number of hydrogen-bond donors (Lipinski definition) is 0. The molecule has 2 nitrogen and oxygen atoms in total. The molecular formula is C55H40N2. The van der Waals surface area contributed by atoms with Crippen LogP contribution in [0, 0.1) is 0 Å². The van der Waals surface area contributed by atoms with Crippen LogP contribution in [0.25, 0.3) is 77.2 Å². The Morgan fingerprint density at radius 2 is 1.19 bits per heavy atom. The molecule has 2 heteroatoms. The quantitative estimate of drug-likeness (QED) is 0.175. The monoisotopic (exact) mass is 728 g/mol. The number of aromatic nitrogens is 1. The molecule has 0 atom stereocenters. The Hall–Kier alpha value is -6.90. The van der Waals surface area contributed by atoms with Crippen LogP contribution in [0.2, 0.25) is 0 Å². The lowest BCUT2D eigenvalue weighted by molar-refractivity contribution is 0.607. The van der Waals surface area contributed by atoms with Crippen LogP contribution in [-0.2, 0) is 5.41 Å². The van der Waals surface area contributed by atoms with Crippen molar-refractivity contribution in [2.24, 2.45) is 0 Å². The molecule has 0 saturated heterocycles. The van der Waals surface area contributed by atoms with Crippen molar-refractivity contribution in [1.82, 2.24) is 4.57 Å². The van der Waals surface area contributed by atoms with Gasteiger partial charge in [-0.3, -0.25) is 0 Å². The van der Waals surface area contributed by atoms with Crippen LogP contribution >= 0.6 is 0 Å². The Bertz CT molecular complexity index is 3190. The Balaban J connectivity index is 1.10. The van der Waals surface area contributed by atoms with E-state index in [1.807, 2.05) is 0 Å². The third-order valence-electron chi connectivity index (χ3n) is 13.0. The molecule has 57 heavy (non-hydrogen) atoms. The molecule has 9 aromatic rings. The Kier molecular flexibility index (Phi) is 6.84. The van der Waals surface area contributed by atoms with E-state index in [4.69, 9.17) is 0 Å². The van der Waals surface area contributed by atoms with Gasteiger partial charge < -0.3 is 9.47 Å². The summed E-state index contributed by atoms with van der Waals surface area (Å²) in [6.07, 6.45) is 6.99. The first-order valence-electron chi connectivity index (χ1n) is 20.2. The molecular weight excluding hydrogens is 689 g/mol. The third kappa shape index (κ3) is 4.71. The standard InChI is InChI=1S/C55H40N2/c1-55(2)48-24-10-9-22-42(48)44-31-39(26-28-49(44)55)37-18-11-21-41(30-37)57-51-25-13-17-36-16-12-23-43(54(36)51)46-33-47-45-32-38(35-14-5-3-6-15-35)27-29-50(45)56(53(47)34-52(46)57)40-19-7-4-8-20-40/h3-9,11-23,25-34H,10,24H2,1-2H3. The summed E-state index contributed by atoms with van der Waals surface area (Å²) in [4.78, 5) is 2.51. The van der Waals surface area contributed by atoms with Crippen molar-refractivity contribution in [3.8, 4) is 39.1 Å². The lowest BCUT2D eigenvalue weighted by atomic mass is 9.78. The smallest absolute Gasteiger partial charge is 0.0562 e. The fourth-order valence-electron chi connectivity index (χ4n) is 10.3. The van der Waals surface area contributed by atoms with Crippen LogP contribution in [0.5, 0.6) is 0 Å². The molecule has 1 aromatic heterocycles. The van der Waals surface area contributed by atoms with Gasteiger partial charge in [0.05, 0.1) is 22.4 Å². The molecule has 270 valence electrons. The molecule has 0 amide bonds. The van der Waals surface area contributed by atoms with Gasteiger partial charge in [0, 0.05) is 38.5 Å². The fraction of sp³-hybridized carbons (Fsp3) is 0.0909. The molecule has 0 saturated carbocycles. The first kappa shape index (κ1) is 32.4. The lowest BCUT2D eigenvalue weighted by Crippen LogP contribution is -2.17. The first-order chi connectivity index (χ1) is 28.0. The van der Waals surface area contributed by atoms with Crippen molar-refractivity contribution < 1.29 is 0 Å². The van der Waals surface area contributed by atoms with E-state index in [1.54, 1.807) is 5.57 Å². The molecule has 2 heterocycles. The van der Waals surface area contributed by atoms with Crippen LogP contribution in [0.15, 0.2) is 188 Å². The molecule has 0 N–H and O–H groups in total. The molecule has 0 spiro atoms. The highest BCUT2D eigenvalue weighted by Crippen LogP contribution is 2.54. The van der Waals surface area contributed by atoms with E-state index in [0.717, 1.165) is 24.2 Å². The van der Waals surface area contributed by atoms with Gasteiger partial charge >= 0.3 is 0 Å². The lowest BCUT2D eigenvalue weighted by Gasteiger charge is -2.34. The maximum absolute atomic E-state index is 2.51. The van der Waals surface area contributed by atoms with Gasteiger partial charge in [-0.25, -0.2) is 0 Å². The van der Waals surface area contributed by atoms with Crippen LogP contribution in [0.4, 0.5) is 17.1 Å². The van der Waals surface area contributed by atoms with E-state index in [2.05, 4.69) is 205 Å². The largest absolute Gasteiger partial charge is 0.309 e. The molecule has 2 aliphatic carbocycles. The molecule has 8 aromatic carbocycles. The number of anilines is 3. The summed E-state index contributed by atoms with van der Waals surface area (Å²) in [5.74, 6) is 0. The average Bonchev–Trinajstić information content (AvgIpc) is 3.70. The summed E-state index contributed by atoms with van der Waals surface area (Å²) in [7, 11) is 0. The van der Waals surface area contributed by atoms with E-state index in [-0.39, 0.29) is 5.41 Å². The van der Waals surface area contributed by atoms with Gasteiger partial charge in [0.15, 0.2) is 0 Å². The summed E-state index contributed by atoms with van der Waals surface area (Å²) in [5.41, 5.74) is 20.5. The minimum Gasteiger partial charge on any atom is -0.309 e. The number of nitrogens with zero attached hydrogens (tertiary/aromatic N) is 2. The highest BCUT2D eigenvalue weighted by atomic mass is 15.2. The van der Waals surface area contributed by atoms with E-state index in [9.17, 15) is 0 Å². The van der Waals surface area contributed by atoms with Crippen molar-refractivity contribution in [1.29, 1.82) is 0 Å². The van der Waals surface area contributed by atoms with Gasteiger partial charge in [-0.15, -0.1) is 0 Å². The van der Waals surface area contributed by atoms with E-state index >= 15 is 0 Å². The van der Waals surface area contributed by atoms with Gasteiger partial charge in [-0.2, -0.15) is 0 Å². The zero-order chi connectivity index (χ0) is 37.8.